The highest BCUT2D eigenvalue weighted by Crippen LogP contribution is 2.13. The Morgan fingerprint density at radius 3 is 2.54 bits per heavy atom. The first-order valence-corrected chi connectivity index (χ1v) is 4.10. The van der Waals surface area contributed by atoms with Crippen molar-refractivity contribution in [2.24, 2.45) is 0 Å². The molecular formula is C9H12N4. The molecule has 0 aliphatic rings. The van der Waals surface area contributed by atoms with Gasteiger partial charge in [0.25, 0.3) is 0 Å². The average Bonchev–Trinajstić information content (AvgIpc) is 2.16. The molecule has 0 aliphatic carbocycles. The van der Waals surface area contributed by atoms with Crippen molar-refractivity contribution in [1.29, 1.82) is 5.26 Å². The quantitative estimate of drug-likeness (QED) is 0.679. The maximum absolute atomic E-state index is 8.77. The Morgan fingerprint density at radius 1 is 1.38 bits per heavy atom. The van der Waals surface area contributed by atoms with Gasteiger partial charge in [0.15, 0.2) is 11.5 Å². The molecule has 0 aromatic carbocycles. The molecule has 0 amide bonds. The first-order valence-electron chi connectivity index (χ1n) is 4.10. The minimum absolute atomic E-state index is 0.309. The minimum atomic E-state index is 0.309. The zero-order chi connectivity index (χ0) is 9.84. The molecule has 68 valence electrons. The number of hydrogen-bond acceptors (Lipinski definition) is 4. The van der Waals surface area contributed by atoms with E-state index in [4.69, 9.17) is 5.26 Å². The Bertz CT molecular complexity index is 327. The van der Waals surface area contributed by atoms with Crippen molar-refractivity contribution in [2.45, 2.75) is 19.9 Å². The molecular weight excluding hydrogens is 164 g/mol. The van der Waals surface area contributed by atoms with Gasteiger partial charge in [-0.1, -0.05) is 0 Å². The third-order valence-corrected chi connectivity index (χ3v) is 1.89. The van der Waals surface area contributed by atoms with E-state index >= 15 is 0 Å². The summed E-state index contributed by atoms with van der Waals surface area (Å²) in [6.07, 6.45) is 3.12. The normalized spacial score (nSPS) is 9.77. The number of nitrogens with zero attached hydrogens (tertiary/aromatic N) is 4. The molecule has 0 radical (unpaired) electrons. The minimum Gasteiger partial charge on any atom is -0.355 e. The largest absolute Gasteiger partial charge is 0.355 e. The number of aromatic nitrogens is 2. The molecule has 0 atom stereocenters. The van der Waals surface area contributed by atoms with Gasteiger partial charge in [-0.25, -0.2) is 9.97 Å². The molecule has 1 heterocycles. The van der Waals surface area contributed by atoms with Gasteiger partial charge in [0.05, 0.1) is 0 Å². The van der Waals surface area contributed by atoms with Crippen molar-refractivity contribution >= 4 is 5.82 Å². The summed E-state index contributed by atoms with van der Waals surface area (Å²) in [4.78, 5) is 9.97. The maximum Gasteiger partial charge on any atom is 0.183 e. The predicted molar refractivity (Wildman–Crippen MR) is 50.3 cm³/mol. The van der Waals surface area contributed by atoms with Crippen molar-refractivity contribution < 1.29 is 0 Å². The van der Waals surface area contributed by atoms with Crippen LogP contribution in [0.5, 0.6) is 0 Å². The smallest absolute Gasteiger partial charge is 0.183 e. The summed E-state index contributed by atoms with van der Waals surface area (Å²) in [5.41, 5.74) is 0.374. The Morgan fingerprint density at radius 2 is 2.00 bits per heavy atom. The van der Waals surface area contributed by atoms with Gasteiger partial charge in [-0.05, 0) is 13.8 Å². The zero-order valence-corrected chi connectivity index (χ0v) is 8.02. The Kier molecular flexibility index (Phi) is 2.80. The SMILES string of the molecule is CC(C)N(C)c1nccnc1C#N. The molecule has 1 aromatic heterocycles. The van der Waals surface area contributed by atoms with Gasteiger partial charge in [0.1, 0.15) is 6.07 Å². The van der Waals surface area contributed by atoms with E-state index in [1.165, 1.54) is 6.20 Å². The summed E-state index contributed by atoms with van der Waals surface area (Å²) >= 11 is 0. The van der Waals surface area contributed by atoms with Crippen LogP contribution in [-0.2, 0) is 0 Å². The number of rotatable bonds is 2. The molecule has 0 bridgehead atoms. The molecule has 0 aliphatic heterocycles. The summed E-state index contributed by atoms with van der Waals surface area (Å²) in [6.45, 7) is 4.08. The Labute approximate surface area is 77.8 Å². The van der Waals surface area contributed by atoms with Gasteiger partial charge in [0, 0.05) is 25.5 Å². The van der Waals surface area contributed by atoms with Crippen LogP contribution in [0.3, 0.4) is 0 Å². The predicted octanol–water partition coefficient (Wildman–Crippen LogP) is 1.19. The molecule has 4 heteroatoms. The highest BCUT2D eigenvalue weighted by Gasteiger charge is 2.11. The van der Waals surface area contributed by atoms with Crippen LogP contribution in [0, 0.1) is 11.3 Å². The van der Waals surface area contributed by atoms with Crippen LogP contribution in [0.15, 0.2) is 12.4 Å². The summed E-state index contributed by atoms with van der Waals surface area (Å²) in [5.74, 6) is 0.639. The highest BCUT2D eigenvalue weighted by atomic mass is 15.2. The lowest BCUT2D eigenvalue weighted by Crippen LogP contribution is -2.27. The molecule has 13 heavy (non-hydrogen) atoms. The third-order valence-electron chi connectivity index (χ3n) is 1.89. The van der Waals surface area contributed by atoms with Gasteiger partial charge >= 0.3 is 0 Å². The topological polar surface area (TPSA) is 52.8 Å². The van der Waals surface area contributed by atoms with Crippen LogP contribution in [0.25, 0.3) is 0 Å². The fourth-order valence-corrected chi connectivity index (χ4v) is 0.912. The highest BCUT2D eigenvalue weighted by molar-refractivity contribution is 5.49. The molecule has 1 rings (SSSR count). The molecule has 0 saturated heterocycles. The number of nitriles is 1. The third kappa shape index (κ3) is 1.94. The lowest BCUT2D eigenvalue weighted by molar-refractivity contribution is 0.739. The van der Waals surface area contributed by atoms with Gasteiger partial charge in [-0.15, -0.1) is 0 Å². The van der Waals surface area contributed by atoms with Crippen LogP contribution < -0.4 is 4.90 Å². The fourth-order valence-electron chi connectivity index (χ4n) is 0.912. The monoisotopic (exact) mass is 176 g/mol. The lowest BCUT2D eigenvalue weighted by atomic mass is 10.3. The van der Waals surface area contributed by atoms with E-state index in [0.717, 1.165) is 0 Å². The van der Waals surface area contributed by atoms with Gasteiger partial charge < -0.3 is 4.90 Å². The molecule has 4 nitrogen and oxygen atoms in total. The van der Waals surface area contributed by atoms with E-state index in [2.05, 4.69) is 9.97 Å². The van der Waals surface area contributed by atoms with Crippen LogP contribution in [0.2, 0.25) is 0 Å². The number of hydrogen-bond donors (Lipinski definition) is 0. The van der Waals surface area contributed by atoms with Gasteiger partial charge in [-0.3, -0.25) is 0 Å². The maximum atomic E-state index is 8.77. The first kappa shape index (κ1) is 9.46. The molecule has 0 fully saturated rings. The molecule has 0 spiro atoms. The van der Waals surface area contributed by atoms with Gasteiger partial charge in [0.2, 0.25) is 0 Å². The van der Waals surface area contributed by atoms with Crippen molar-refractivity contribution in [3.05, 3.63) is 18.1 Å². The van der Waals surface area contributed by atoms with Crippen LogP contribution in [-0.4, -0.2) is 23.1 Å². The Hall–Kier alpha value is -1.63. The van der Waals surface area contributed by atoms with Gasteiger partial charge in [-0.2, -0.15) is 5.26 Å². The van der Waals surface area contributed by atoms with Crippen LogP contribution in [0.1, 0.15) is 19.5 Å². The van der Waals surface area contributed by atoms with Crippen molar-refractivity contribution in [1.82, 2.24) is 9.97 Å². The zero-order valence-electron chi connectivity index (χ0n) is 8.02. The molecule has 0 N–H and O–H groups in total. The van der Waals surface area contributed by atoms with Crippen molar-refractivity contribution in [3.63, 3.8) is 0 Å². The summed E-state index contributed by atoms with van der Waals surface area (Å²) in [6, 6.07) is 2.33. The first-order chi connectivity index (χ1) is 6.16. The van der Waals surface area contributed by atoms with Crippen LogP contribution >= 0.6 is 0 Å². The second-order valence-electron chi connectivity index (χ2n) is 3.05. The van der Waals surface area contributed by atoms with Crippen molar-refractivity contribution in [2.75, 3.05) is 11.9 Å². The van der Waals surface area contributed by atoms with E-state index in [1.807, 2.05) is 31.9 Å². The average molecular weight is 176 g/mol. The van der Waals surface area contributed by atoms with E-state index in [0.29, 0.717) is 17.6 Å². The molecule has 1 aromatic rings. The number of anilines is 1. The Balaban J connectivity index is 3.07. The second kappa shape index (κ2) is 3.85. The summed E-state index contributed by atoms with van der Waals surface area (Å²) in [7, 11) is 1.90. The molecule has 0 saturated carbocycles. The van der Waals surface area contributed by atoms with E-state index < -0.39 is 0 Å². The van der Waals surface area contributed by atoms with Crippen LogP contribution in [0.4, 0.5) is 5.82 Å². The van der Waals surface area contributed by atoms with Crippen molar-refractivity contribution in [3.8, 4) is 6.07 Å². The van der Waals surface area contributed by atoms with E-state index in [-0.39, 0.29) is 0 Å². The summed E-state index contributed by atoms with van der Waals surface area (Å²) < 4.78 is 0. The fraction of sp³-hybridized carbons (Fsp3) is 0.444. The summed E-state index contributed by atoms with van der Waals surface area (Å²) in [5, 5.41) is 8.77. The lowest BCUT2D eigenvalue weighted by Gasteiger charge is -2.22. The standard InChI is InChI=1S/C9H12N4/c1-7(2)13(3)9-8(6-10)11-4-5-12-9/h4-5,7H,1-3H3. The van der Waals surface area contributed by atoms with E-state index in [9.17, 15) is 0 Å². The second-order valence-corrected chi connectivity index (χ2v) is 3.05. The molecule has 0 unspecified atom stereocenters. The van der Waals surface area contributed by atoms with E-state index in [1.54, 1.807) is 6.20 Å².